The van der Waals surface area contributed by atoms with Gasteiger partial charge in [-0.1, -0.05) is 12.8 Å². The first-order chi connectivity index (χ1) is 5.25. The summed E-state index contributed by atoms with van der Waals surface area (Å²) in [6.07, 6.45) is 3.09. The molecule has 1 fully saturated rings. The van der Waals surface area contributed by atoms with Crippen LogP contribution < -0.4 is 5.73 Å². The third-order valence-electron chi connectivity index (χ3n) is 2.52. The van der Waals surface area contributed by atoms with E-state index in [2.05, 4.69) is 0 Å². The Balaban J connectivity index is 2.40. The van der Waals surface area contributed by atoms with Crippen LogP contribution in [0, 0.1) is 5.92 Å². The van der Waals surface area contributed by atoms with E-state index in [0.717, 1.165) is 25.7 Å². The summed E-state index contributed by atoms with van der Waals surface area (Å²) in [5.74, 6) is 0.0220. The number of aliphatic hydroxyl groups excluding tert-OH is 2. The van der Waals surface area contributed by atoms with E-state index >= 15 is 0 Å². The monoisotopic (exact) mass is 159 g/mol. The van der Waals surface area contributed by atoms with Crippen molar-refractivity contribution >= 4 is 0 Å². The van der Waals surface area contributed by atoms with E-state index in [9.17, 15) is 10.2 Å². The molecule has 0 spiro atoms. The Morgan fingerprint density at radius 2 is 2.00 bits per heavy atom. The fraction of sp³-hybridized carbons (Fsp3) is 1.00. The second kappa shape index (κ2) is 4.04. The lowest BCUT2D eigenvalue weighted by Gasteiger charge is -2.30. The quantitative estimate of drug-likeness (QED) is 0.525. The number of nitrogens with two attached hydrogens (primary N) is 1. The Labute approximate surface area is 67.2 Å². The van der Waals surface area contributed by atoms with E-state index in [0.29, 0.717) is 0 Å². The fourth-order valence-corrected chi connectivity index (χ4v) is 1.76. The lowest BCUT2D eigenvalue weighted by molar-refractivity contribution is -0.00796. The highest BCUT2D eigenvalue weighted by Crippen LogP contribution is 2.26. The summed E-state index contributed by atoms with van der Waals surface area (Å²) in [6, 6.07) is 0. The number of hydrogen-bond donors (Lipinski definition) is 3. The van der Waals surface area contributed by atoms with Gasteiger partial charge >= 0.3 is 0 Å². The Morgan fingerprint density at radius 3 is 2.55 bits per heavy atom. The van der Waals surface area contributed by atoms with E-state index in [-0.39, 0.29) is 18.6 Å². The van der Waals surface area contributed by atoms with Gasteiger partial charge in [0.25, 0.3) is 0 Å². The van der Waals surface area contributed by atoms with Crippen molar-refractivity contribution in [1.29, 1.82) is 0 Å². The smallest absolute Gasteiger partial charge is 0.0715 e. The molecule has 11 heavy (non-hydrogen) atoms. The zero-order valence-electron chi connectivity index (χ0n) is 6.74. The van der Waals surface area contributed by atoms with Gasteiger partial charge < -0.3 is 15.9 Å². The zero-order valence-corrected chi connectivity index (χ0v) is 6.74. The largest absolute Gasteiger partial charge is 0.393 e. The van der Waals surface area contributed by atoms with Gasteiger partial charge in [-0.15, -0.1) is 0 Å². The van der Waals surface area contributed by atoms with Crippen LogP contribution in [0.15, 0.2) is 0 Å². The third kappa shape index (κ3) is 2.15. The molecule has 1 aliphatic carbocycles. The number of hydrogen-bond acceptors (Lipinski definition) is 3. The molecule has 0 aliphatic heterocycles. The summed E-state index contributed by atoms with van der Waals surface area (Å²) in [6.45, 7) is 0.266. The van der Waals surface area contributed by atoms with Gasteiger partial charge in [-0.05, 0) is 12.8 Å². The molecule has 3 nitrogen and oxygen atoms in total. The van der Waals surface area contributed by atoms with Gasteiger partial charge in [0.1, 0.15) is 0 Å². The Morgan fingerprint density at radius 1 is 1.36 bits per heavy atom. The molecule has 3 heteroatoms. The summed E-state index contributed by atoms with van der Waals surface area (Å²) in [5.41, 5.74) is 5.30. The zero-order chi connectivity index (χ0) is 8.27. The predicted molar refractivity (Wildman–Crippen MR) is 43.0 cm³/mol. The second-order valence-corrected chi connectivity index (χ2v) is 3.32. The molecule has 0 saturated heterocycles. The van der Waals surface area contributed by atoms with E-state index in [1.807, 2.05) is 0 Å². The lowest BCUT2D eigenvalue weighted by Crippen LogP contribution is -2.38. The predicted octanol–water partition coefficient (Wildman–Crippen LogP) is -0.143. The van der Waals surface area contributed by atoms with Crippen molar-refractivity contribution in [2.75, 3.05) is 6.54 Å². The molecule has 3 atom stereocenters. The van der Waals surface area contributed by atoms with Crippen molar-refractivity contribution in [1.82, 2.24) is 0 Å². The van der Waals surface area contributed by atoms with Crippen LogP contribution >= 0.6 is 0 Å². The summed E-state index contributed by atoms with van der Waals surface area (Å²) in [4.78, 5) is 0. The van der Waals surface area contributed by atoms with Crippen LogP contribution in [0.1, 0.15) is 25.7 Å². The SMILES string of the molecule is NCC(O)C1CCCCC1O. The molecule has 0 bridgehead atoms. The van der Waals surface area contributed by atoms with Crippen LogP contribution in [-0.4, -0.2) is 29.0 Å². The number of rotatable bonds is 2. The van der Waals surface area contributed by atoms with Crippen LogP contribution in [0.3, 0.4) is 0 Å². The maximum absolute atomic E-state index is 9.45. The lowest BCUT2D eigenvalue weighted by atomic mass is 9.83. The van der Waals surface area contributed by atoms with Gasteiger partial charge in [0.2, 0.25) is 0 Å². The minimum atomic E-state index is -0.509. The summed E-state index contributed by atoms with van der Waals surface area (Å²) >= 11 is 0. The van der Waals surface area contributed by atoms with Gasteiger partial charge in [-0.3, -0.25) is 0 Å². The second-order valence-electron chi connectivity index (χ2n) is 3.32. The first-order valence-corrected chi connectivity index (χ1v) is 4.32. The van der Waals surface area contributed by atoms with Crippen molar-refractivity contribution in [2.24, 2.45) is 11.7 Å². The number of aliphatic hydroxyl groups is 2. The maximum atomic E-state index is 9.45. The molecule has 3 unspecified atom stereocenters. The molecule has 1 saturated carbocycles. The van der Waals surface area contributed by atoms with E-state index in [1.54, 1.807) is 0 Å². The molecule has 0 radical (unpaired) electrons. The molecule has 0 aromatic heterocycles. The van der Waals surface area contributed by atoms with E-state index in [1.165, 1.54) is 0 Å². The average molecular weight is 159 g/mol. The van der Waals surface area contributed by atoms with Crippen molar-refractivity contribution < 1.29 is 10.2 Å². The first-order valence-electron chi connectivity index (χ1n) is 4.32. The molecule has 1 rings (SSSR count). The van der Waals surface area contributed by atoms with Crippen LogP contribution in [0.4, 0.5) is 0 Å². The van der Waals surface area contributed by atoms with Crippen molar-refractivity contribution in [2.45, 2.75) is 37.9 Å². The Bertz CT molecular complexity index is 115. The van der Waals surface area contributed by atoms with Crippen LogP contribution in [-0.2, 0) is 0 Å². The van der Waals surface area contributed by atoms with Gasteiger partial charge in [-0.25, -0.2) is 0 Å². The topological polar surface area (TPSA) is 66.5 Å². The molecular weight excluding hydrogens is 142 g/mol. The van der Waals surface area contributed by atoms with Gasteiger partial charge in [0.15, 0.2) is 0 Å². The van der Waals surface area contributed by atoms with Crippen molar-refractivity contribution in [3.63, 3.8) is 0 Å². The minimum Gasteiger partial charge on any atom is -0.393 e. The first kappa shape index (κ1) is 8.97. The van der Waals surface area contributed by atoms with Crippen molar-refractivity contribution in [3.05, 3.63) is 0 Å². The Hall–Kier alpha value is -0.120. The molecule has 66 valence electrons. The average Bonchev–Trinajstić information content (AvgIpc) is 2.04. The third-order valence-corrected chi connectivity index (χ3v) is 2.52. The summed E-state index contributed by atoms with van der Waals surface area (Å²) < 4.78 is 0. The summed E-state index contributed by atoms with van der Waals surface area (Å²) in [7, 11) is 0. The van der Waals surface area contributed by atoms with Crippen LogP contribution in [0.25, 0.3) is 0 Å². The van der Waals surface area contributed by atoms with Crippen molar-refractivity contribution in [3.8, 4) is 0 Å². The highest BCUT2D eigenvalue weighted by atomic mass is 16.3. The molecule has 0 aromatic carbocycles. The van der Waals surface area contributed by atoms with Crippen LogP contribution in [0.5, 0.6) is 0 Å². The normalized spacial score (nSPS) is 35.2. The highest BCUT2D eigenvalue weighted by Gasteiger charge is 2.28. The van der Waals surface area contributed by atoms with Gasteiger partial charge in [0, 0.05) is 12.5 Å². The van der Waals surface area contributed by atoms with E-state index in [4.69, 9.17) is 5.73 Å². The van der Waals surface area contributed by atoms with E-state index < -0.39 is 6.10 Å². The minimum absolute atomic E-state index is 0.0220. The molecule has 4 N–H and O–H groups in total. The van der Waals surface area contributed by atoms with Gasteiger partial charge in [-0.2, -0.15) is 0 Å². The molecule has 0 heterocycles. The maximum Gasteiger partial charge on any atom is 0.0715 e. The van der Waals surface area contributed by atoms with Gasteiger partial charge in [0.05, 0.1) is 12.2 Å². The molecule has 0 aromatic rings. The van der Waals surface area contributed by atoms with Crippen LogP contribution in [0.2, 0.25) is 0 Å². The molecule has 1 aliphatic rings. The molecular formula is C8H17NO2. The standard InChI is InChI=1S/C8H17NO2/c9-5-8(11)6-3-1-2-4-7(6)10/h6-8,10-11H,1-5,9H2. The molecule has 0 amide bonds. The Kier molecular flexibility index (Phi) is 3.30. The summed E-state index contributed by atoms with van der Waals surface area (Å²) in [5, 5.41) is 18.8. The highest BCUT2D eigenvalue weighted by molar-refractivity contribution is 4.80. The fourth-order valence-electron chi connectivity index (χ4n) is 1.76.